The summed E-state index contributed by atoms with van der Waals surface area (Å²) in [5, 5.41) is 7.32. The fourth-order valence-electron chi connectivity index (χ4n) is 5.28. The number of rotatable bonds is 2. The summed E-state index contributed by atoms with van der Waals surface area (Å²) in [7, 11) is 0. The summed E-state index contributed by atoms with van der Waals surface area (Å²) in [5.41, 5.74) is 4.51. The van der Waals surface area contributed by atoms with Gasteiger partial charge in [-0.1, -0.05) is 78.3 Å². The molecule has 0 aliphatic heterocycles. The molecule has 0 saturated heterocycles. The van der Waals surface area contributed by atoms with Gasteiger partial charge in [-0.25, -0.2) is 9.97 Å². The second kappa shape index (κ2) is 7.87. The van der Waals surface area contributed by atoms with Crippen molar-refractivity contribution in [1.29, 1.82) is 0 Å². The van der Waals surface area contributed by atoms with Crippen molar-refractivity contribution in [2.24, 2.45) is 0 Å². The van der Waals surface area contributed by atoms with Gasteiger partial charge in [0.1, 0.15) is 16.0 Å². The highest BCUT2D eigenvalue weighted by molar-refractivity contribution is 7.25. The molecule has 0 bridgehead atoms. The van der Waals surface area contributed by atoms with Crippen molar-refractivity contribution >= 4 is 76.0 Å². The highest BCUT2D eigenvalue weighted by atomic mass is 35.5. The van der Waals surface area contributed by atoms with Crippen LogP contribution in [-0.4, -0.2) is 9.97 Å². The zero-order chi connectivity index (χ0) is 24.5. The van der Waals surface area contributed by atoms with Crippen LogP contribution in [0.25, 0.3) is 75.7 Å². The van der Waals surface area contributed by atoms with Gasteiger partial charge in [-0.05, 0) is 41.1 Å². The van der Waals surface area contributed by atoms with Crippen LogP contribution in [0.5, 0.6) is 0 Å². The zero-order valence-corrected chi connectivity index (χ0v) is 21.0. The summed E-state index contributed by atoms with van der Waals surface area (Å²) >= 11 is 7.96. The minimum absolute atomic E-state index is 0.648. The number of hydrogen-bond acceptors (Lipinski definition) is 4. The average Bonchev–Trinajstić information content (AvgIpc) is 3.49. The number of benzene rings is 5. The van der Waals surface area contributed by atoms with E-state index >= 15 is 0 Å². The van der Waals surface area contributed by atoms with E-state index in [0.717, 1.165) is 49.0 Å². The van der Waals surface area contributed by atoms with E-state index in [1.54, 1.807) is 11.3 Å². The van der Waals surface area contributed by atoms with Gasteiger partial charge in [-0.3, -0.25) is 0 Å². The maximum absolute atomic E-state index is 6.25. The summed E-state index contributed by atoms with van der Waals surface area (Å²) in [6.45, 7) is 0. The molecule has 0 amide bonds. The quantitative estimate of drug-likeness (QED) is 0.231. The third-order valence-electron chi connectivity index (χ3n) is 6.96. The summed E-state index contributed by atoms with van der Waals surface area (Å²) < 4.78 is 7.36. The first-order chi connectivity index (χ1) is 18.2. The minimum Gasteiger partial charge on any atom is -0.456 e. The largest absolute Gasteiger partial charge is 0.456 e. The molecule has 0 N–H and O–H groups in total. The molecular weight excluding hydrogens is 496 g/mol. The molecule has 0 unspecified atom stereocenters. The Morgan fingerprint density at radius 3 is 2.46 bits per heavy atom. The predicted molar refractivity (Wildman–Crippen MR) is 156 cm³/mol. The van der Waals surface area contributed by atoms with Crippen molar-refractivity contribution < 1.29 is 4.42 Å². The zero-order valence-electron chi connectivity index (χ0n) is 19.4. The Labute approximate surface area is 220 Å². The van der Waals surface area contributed by atoms with E-state index in [9.17, 15) is 0 Å². The number of fused-ring (bicyclic) bond motifs is 7. The smallest absolute Gasteiger partial charge is 0.162 e. The van der Waals surface area contributed by atoms with Gasteiger partial charge >= 0.3 is 0 Å². The van der Waals surface area contributed by atoms with E-state index in [1.165, 1.54) is 20.9 Å². The van der Waals surface area contributed by atoms with Crippen LogP contribution < -0.4 is 0 Å². The summed E-state index contributed by atoms with van der Waals surface area (Å²) in [5.74, 6) is 0.686. The van der Waals surface area contributed by atoms with Crippen LogP contribution in [0.15, 0.2) is 108 Å². The molecule has 37 heavy (non-hydrogen) atoms. The lowest BCUT2D eigenvalue weighted by Gasteiger charge is -2.09. The van der Waals surface area contributed by atoms with Crippen molar-refractivity contribution in [2.45, 2.75) is 0 Å². The molecule has 3 aromatic heterocycles. The number of nitrogens with zero attached hydrogens (tertiary/aromatic N) is 2. The molecule has 0 spiro atoms. The van der Waals surface area contributed by atoms with Gasteiger partial charge in [0.15, 0.2) is 5.82 Å². The number of hydrogen-bond donors (Lipinski definition) is 0. The monoisotopic (exact) mass is 512 g/mol. The Kier molecular flexibility index (Phi) is 4.45. The van der Waals surface area contributed by atoms with Gasteiger partial charge in [0.25, 0.3) is 0 Å². The van der Waals surface area contributed by atoms with Gasteiger partial charge in [0.05, 0.1) is 5.69 Å². The van der Waals surface area contributed by atoms with Crippen LogP contribution in [0.3, 0.4) is 0 Å². The number of aromatic nitrogens is 2. The highest BCUT2D eigenvalue weighted by Crippen LogP contribution is 2.42. The minimum atomic E-state index is 0.648. The second-order valence-electron chi connectivity index (χ2n) is 9.16. The molecule has 0 aliphatic carbocycles. The van der Waals surface area contributed by atoms with E-state index in [4.69, 9.17) is 26.0 Å². The first-order valence-corrected chi connectivity index (χ1v) is 13.2. The Morgan fingerprint density at radius 2 is 1.51 bits per heavy atom. The van der Waals surface area contributed by atoms with E-state index in [1.807, 2.05) is 30.3 Å². The van der Waals surface area contributed by atoms with E-state index in [-0.39, 0.29) is 0 Å². The maximum Gasteiger partial charge on any atom is 0.162 e. The van der Waals surface area contributed by atoms with Crippen LogP contribution in [0.2, 0.25) is 5.02 Å². The topological polar surface area (TPSA) is 38.9 Å². The molecule has 5 aromatic carbocycles. The number of furan rings is 1. The van der Waals surface area contributed by atoms with Crippen LogP contribution in [0.4, 0.5) is 0 Å². The Bertz CT molecular complexity index is 2180. The SMILES string of the molecule is Clc1ccc2c(c1)oc1cccc(-c3nc(-c4ccc5ccccc5c4)c4c(n3)sc3ccccc34)c12. The van der Waals surface area contributed by atoms with E-state index < -0.39 is 0 Å². The van der Waals surface area contributed by atoms with Gasteiger partial charge in [-0.15, -0.1) is 11.3 Å². The first-order valence-electron chi connectivity index (χ1n) is 12.0. The van der Waals surface area contributed by atoms with Gasteiger partial charge in [-0.2, -0.15) is 0 Å². The molecule has 0 fully saturated rings. The lowest BCUT2D eigenvalue weighted by Crippen LogP contribution is -1.94. The lowest BCUT2D eigenvalue weighted by atomic mass is 10.0. The molecule has 0 radical (unpaired) electrons. The fraction of sp³-hybridized carbons (Fsp3) is 0. The van der Waals surface area contributed by atoms with Crippen LogP contribution >= 0.6 is 22.9 Å². The van der Waals surface area contributed by atoms with E-state index in [0.29, 0.717) is 10.8 Å². The standard InChI is InChI=1S/C32H17ClN2OS/c33-21-14-15-22-26(17-21)36-25-10-5-9-24(28(22)25)31-34-30(20-13-12-18-6-1-2-7-19(18)16-20)29-23-8-3-4-11-27(23)37-32(29)35-31/h1-17H. The predicted octanol–water partition coefficient (Wildman–Crippen LogP) is 9.88. The summed E-state index contributed by atoms with van der Waals surface area (Å²) in [4.78, 5) is 11.4. The van der Waals surface area contributed by atoms with Crippen molar-refractivity contribution in [3.8, 4) is 22.6 Å². The molecular formula is C32H17ClN2OS. The van der Waals surface area contributed by atoms with Gasteiger partial charge < -0.3 is 4.42 Å². The third kappa shape index (κ3) is 3.20. The van der Waals surface area contributed by atoms with Crippen molar-refractivity contribution in [3.05, 3.63) is 108 Å². The van der Waals surface area contributed by atoms with Crippen LogP contribution in [0.1, 0.15) is 0 Å². The summed E-state index contributed by atoms with van der Waals surface area (Å²) in [6.07, 6.45) is 0. The Balaban J connectivity index is 1.48. The molecule has 0 atom stereocenters. The lowest BCUT2D eigenvalue weighted by molar-refractivity contribution is 0.669. The molecule has 174 valence electrons. The maximum atomic E-state index is 6.25. The van der Waals surface area contributed by atoms with E-state index in [2.05, 4.69) is 72.8 Å². The Morgan fingerprint density at radius 1 is 0.649 bits per heavy atom. The third-order valence-corrected chi connectivity index (χ3v) is 8.26. The van der Waals surface area contributed by atoms with Crippen molar-refractivity contribution in [2.75, 3.05) is 0 Å². The van der Waals surface area contributed by atoms with Crippen LogP contribution in [0, 0.1) is 0 Å². The molecule has 3 nitrogen and oxygen atoms in total. The summed E-state index contributed by atoms with van der Waals surface area (Å²) in [6, 6.07) is 35.3. The second-order valence-corrected chi connectivity index (χ2v) is 10.6. The Hall–Kier alpha value is -4.25. The fourth-order valence-corrected chi connectivity index (χ4v) is 6.51. The highest BCUT2D eigenvalue weighted by Gasteiger charge is 2.20. The van der Waals surface area contributed by atoms with Gasteiger partial charge in [0, 0.05) is 48.5 Å². The molecule has 5 heteroatoms. The number of halogens is 1. The first kappa shape index (κ1) is 20.9. The molecule has 0 aliphatic rings. The van der Waals surface area contributed by atoms with Crippen molar-refractivity contribution in [3.63, 3.8) is 0 Å². The molecule has 0 saturated carbocycles. The van der Waals surface area contributed by atoms with Gasteiger partial charge in [0.2, 0.25) is 0 Å². The molecule has 8 rings (SSSR count). The van der Waals surface area contributed by atoms with Crippen LogP contribution in [-0.2, 0) is 0 Å². The normalized spacial score (nSPS) is 11.9. The number of thiophene rings is 1. The average molecular weight is 513 g/mol. The molecule has 8 aromatic rings. The van der Waals surface area contributed by atoms with Crippen molar-refractivity contribution in [1.82, 2.24) is 9.97 Å². The molecule has 3 heterocycles.